The molecule has 0 aromatic heterocycles. The molecule has 1 atom stereocenters. The van der Waals surface area contributed by atoms with E-state index in [0.717, 1.165) is 44.6 Å². The fraction of sp³-hybridized carbons (Fsp3) is 0.625. The second-order valence-corrected chi connectivity index (χ2v) is 6.05. The number of nitrogens with zero attached hydrogens (tertiary/aromatic N) is 1. The van der Waals surface area contributed by atoms with Crippen LogP contribution in [0.2, 0.25) is 0 Å². The number of alkyl halides is 3. The van der Waals surface area contributed by atoms with Gasteiger partial charge in [0.05, 0.1) is 5.56 Å². The average Bonchev–Trinajstić information content (AvgIpc) is 2.43. The van der Waals surface area contributed by atoms with Gasteiger partial charge in [-0.05, 0) is 36.5 Å². The van der Waals surface area contributed by atoms with Crippen LogP contribution in [0.4, 0.5) is 13.2 Å². The number of halogens is 4. The fourth-order valence-corrected chi connectivity index (χ4v) is 3.40. The van der Waals surface area contributed by atoms with Crippen molar-refractivity contribution < 1.29 is 13.2 Å². The van der Waals surface area contributed by atoms with Crippen LogP contribution in [0.3, 0.4) is 0 Å². The maximum atomic E-state index is 12.9. The van der Waals surface area contributed by atoms with Crippen molar-refractivity contribution in [3.8, 4) is 0 Å². The van der Waals surface area contributed by atoms with E-state index in [0.29, 0.717) is 5.92 Å². The summed E-state index contributed by atoms with van der Waals surface area (Å²) >= 11 is 0. The highest BCUT2D eigenvalue weighted by Crippen LogP contribution is 2.42. The van der Waals surface area contributed by atoms with Gasteiger partial charge in [0.1, 0.15) is 0 Å². The molecule has 6 heteroatoms. The zero-order valence-electron chi connectivity index (χ0n) is 12.4. The van der Waals surface area contributed by atoms with E-state index in [9.17, 15) is 13.2 Å². The number of rotatable bonds is 3. The van der Waals surface area contributed by atoms with E-state index in [-0.39, 0.29) is 18.4 Å². The molecule has 0 spiro atoms. The molecule has 124 valence electrons. The third-order valence-electron chi connectivity index (χ3n) is 4.70. The molecule has 1 N–H and O–H groups in total. The minimum Gasteiger partial charge on any atom is -0.314 e. The van der Waals surface area contributed by atoms with Crippen LogP contribution in [-0.4, -0.2) is 31.1 Å². The lowest BCUT2D eigenvalue weighted by Gasteiger charge is -2.43. The first-order chi connectivity index (χ1) is 10.1. The van der Waals surface area contributed by atoms with Gasteiger partial charge in [-0.15, -0.1) is 12.4 Å². The van der Waals surface area contributed by atoms with E-state index in [1.807, 2.05) is 6.07 Å². The summed E-state index contributed by atoms with van der Waals surface area (Å²) < 4.78 is 38.8. The smallest absolute Gasteiger partial charge is 0.314 e. The van der Waals surface area contributed by atoms with E-state index in [4.69, 9.17) is 0 Å². The standard InChI is InChI=1S/C16H21F3N2.ClH/c17-16(18,19)14-6-2-5-13(11-14)15(12-3-1-4-12)21-9-7-20-8-10-21;/h2,5-6,11-12,15,20H,1,3-4,7-10H2;1H/t15-;/m1./s1. The van der Waals surface area contributed by atoms with Gasteiger partial charge in [-0.2, -0.15) is 13.2 Å². The van der Waals surface area contributed by atoms with Crippen LogP contribution in [0, 0.1) is 5.92 Å². The minimum absolute atomic E-state index is 0. The van der Waals surface area contributed by atoms with Crippen LogP contribution in [0.1, 0.15) is 36.4 Å². The van der Waals surface area contributed by atoms with E-state index >= 15 is 0 Å². The Balaban J connectivity index is 0.00000176. The second kappa shape index (κ2) is 7.20. The summed E-state index contributed by atoms with van der Waals surface area (Å²) in [6, 6.07) is 6.07. The van der Waals surface area contributed by atoms with Crippen LogP contribution in [-0.2, 0) is 6.18 Å². The molecule has 1 aromatic rings. The van der Waals surface area contributed by atoms with Gasteiger partial charge in [-0.3, -0.25) is 4.90 Å². The van der Waals surface area contributed by atoms with Crippen molar-refractivity contribution >= 4 is 12.4 Å². The Labute approximate surface area is 135 Å². The summed E-state index contributed by atoms with van der Waals surface area (Å²) in [4.78, 5) is 2.36. The van der Waals surface area contributed by atoms with Crippen molar-refractivity contribution in [3.63, 3.8) is 0 Å². The Morgan fingerprint density at radius 2 is 1.82 bits per heavy atom. The van der Waals surface area contributed by atoms with Gasteiger partial charge in [0.15, 0.2) is 0 Å². The van der Waals surface area contributed by atoms with Gasteiger partial charge < -0.3 is 5.32 Å². The van der Waals surface area contributed by atoms with Crippen LogP contribution < -0.4 is 5.32 Å². The number of piperazine rings is 1. The Bertz CT molecular complexity index is 483. The molecule has 1 saturated heterocycles. The lowest BCUT2D eigenvalue weighted by Crippen LogP contribution is -2.47. The summed E-state index contributed by atoms with van der Waals surface area (Å²) in [7, 11) is 0. The maximum absolute atomic E-state index is 12.9. The van der Waals surface area contributed by atoms with Gasteiger partial charge in [0.2, 0.25) is 0 Å². The van der Waals surface area contributed by atoms with Crippen molar-refractivity contribution in [2.75, 3.05) is 26.2 Å². The predicted molar refractivity (Wildman–Crippen MR) is 83.2 cm³/mol. The quantitative estimate of drug-likeness (QED) is 0.902. The highest BCUT2D eigenvalue weighted by molar-refractivity contribution is 5.85. The highest BCUT2D eigenvalue weighted by atomic mass is 35.5. The molecule has 1 heterocycles. The van der Waals surface area contributed by atoms with Gasteiger partial charge in [-0.1, -0.05) is 18.6 Å². The molecule has 22 heavy (non-hydrogen) atoms. The first-order valence-electron chi connectivity index (χ1n) is 7.67. The second-order valence-electron chi connectivity index (χ2n) is 6.05. The largest absolute Gasteiger partial charge is 0.416 e. The third-order valence-corrected chi connectivity index (χ3v) is 4.70. The summed E-state index contributed by atoms with van der Waals surface area (Å²) in [5.74, 6) is 0.506. The summed E-state index contributed by atoms with van der Waals surface area (Å²) in [5.41, 5.74) is 0.302. The normalized spacial score (nSPS) is 21.8. The van der Waals surface area contributed by atoms with Crippen LogP contribution in [0.15, 0.2) is 24.3 Å². The number of hydrogen-bond donors (Lipinski definition) is 1. The molecular formula is C16H22ClF3N2. The Kier molecular flexibility index (Phi) is 5.75. The maximum Gasteiger partial charge on any atom is 0.416 e. The molecule has 1 saturated carbocycles. The predicted octanol–water partition coefficient (Wildman–Crippen LogP) is 3.87. The first kappa shape index (κ1) is 17.6. The van der Waals surface area contributed by atoms with E-state index in [2.05, 4.69) is 10.2 Å². The Morgan fingerprint density at radius 3 is 2.36 bits per heavy atom. The zero-order valence-corrected chi connectivity index (χ0v) is 13.2. The average molecular weight is 335 g/mol. The summed E-state index contributed by atoms with van der Waals surface area (Å²) in [5, 5.41) is 3.31. The Hall–Kier alpha value is -0.780. The van der Waals surface area contributed by atoms with E-state index in [1.165, 1.54) is 18.6 Å². The molecule has 0 bridgehead atoms. The third kappa shape index (κ3) is 3.76. The van der Waals surface area contributed by atoms with Crippen molar-refractivity contribution in [2.45, 2.75) is 31.5 Å². The summed E-state index contributed by atoms with van der Waals surface area (Å²) in [6.45, 7) is 3.67. The minimum atomic E-state index is -4.26. The highest BCUT2D eigenvalue weighted by Gasteiger charge is 2.36. The number of benzene rings is 1. The van der Waals surface area contributed by atoms with Crippen molar-refractivity contribution in [1.29, 1.82) is 0 Å². The molecule has 0 radical (unpaired) electrons. The SMILES string of the molecule is Cl.FC(F)(F)c1cccc([C@@H](C2CCC2)N2CCNCC2)c1. The monoisotopic (exact) mass is 334 g/mol. The molecule has 1 aliphatic heterocycles. The fourth-order valence-electron chi connectivity index (χ4n) is 3.40. The molecular weight excluding hydrogens is 313 g/mol. The van der Waals surface area contributed by atoms with Crippen LogP contribution in [0.5, 0.6) is 0 Å². The first-order valence-corrected chi connectivity index (χ1v) is 7.67. The van der Waals surface area contributed by atoms with Gasteiger partial charge in [0, 0.05) is 32.2 Å². The zero-order chi connectivity index (χ0) is 14.9. The Morgan fingerprint density at radius 1 is 1.14 bits per heavy atom. The van der Waals surface area contributed by atoms with E-state index < -0.39 is 11.7 Å². The molecule has 2 aliphatic rings. The van der Waals surface area contributed by atoms with Crippen molar-refractivity contribution in [3.05, 3.63) is 35.4 Å². The lowest BCUT2D eigenvalue weighted by molar-refractivity contribution is -0.137. The van der Waals surface area contributed by atoms with Gasteiger partial charge in [0.25, 0.3) is 0 Å². The van der Waals surface area contributed by atoms with E-state index in [1.54, 1.807) is 6.07 Å². The van der Waals surface area contributed by atoms with Crippen molar-refractivity contribution in [2.24, 2.45) is 5.92 Å². The lowest BCUT2D eigenvalue weighted by atomic mass is 9.76. The van der Waals surface area contributed by atoms with Gasteiger partial charge >= 0.3 is 6.18 Å². The molecule has 2 fully saturated rings. The molecule has 1 aromatic carbocycles. The topological polar surface area (TPSA) is 15.3 Å². The number of hydrogen-bond acceptors (Lipinski definition) is 2. The van der Waals surface area contributed by atoms with Crippen molar-refractivity contribution in [1.82, 2.24) is 10.2 Å². The molecule has 2 nitrogen and oxygen atoms in total. The summed E-state index contributed by atoms with van der Waals surface area (Å²) in [6.07, 6.45) is -0.800. The number of nitrogens with one attached hydrogen (secondary N) is 1. The molecule has 0 amide bonds. The van der Waals surface area contributed by atoms with Gasteiger partial charge in [-0.25, -0.2) is 0 Å². The molecule has 1 aliphatic carbocycles. The molecule has 3 rings (SSSR count). The molecule has 0 unspecified atom stereocenters. The van der Waals surface area contributed by atoms with Crippen LogP contribution in [0.25, 0.3) is 0 Å². The van der Waals surface area contributed by atoms with Crippen LogP contribution >= 0.6 is 12.4 Å².